The summed E-state index contributed by atoms with van der Waals surface area (Å²) in [6.07, 6.45) is 0. The zero-order chi connectivity index (χ0) is 14.4. The molecule has 0 atom stereocenters. The molecule has 0 spiro atoms. The summed E-state index contributed by atoms with van der Waals surface area (Å²) in [6, 6.07) is 0. The van der Waals surface area contributed by atoms with Crippen LogP contribution in [-0.4, -0.2) is 59.3 Å². The van der Waals surface area contributed by atoms with Gasteiger partial charge in [-0.15, -0.1) is 10.2 Å². The topological polar surface area (TPSA) is 72.3 Å². The number of carbonyl (C=O) groups excluding carboxylic acids is 1. The van der Waals surface area contributed by atoms with Crippen molar-refractivity contribution in [2.75, 3.05) is 43.5 Å². The maximum absolute atomic E-state index is 11.5. The number of anilines is 1. The molecule has 1 aliphatic heterocycles. The Morgan fingerprint density at radius 1 is 1.35 bits per heavy atom. The van der Waals surface area contributed by atoms with E-state index >= 15 is 0 Å². The highest BCUT2D eigenvalue weighted by Gasteiger charge is 2.20. The Labute approximate surface area is 123 Å². The first-order chi connectivity index (χ1) is 9.76. The van der Waals surface area contributed by atoms with Crippen LogP contribution in [0.3, 0.4) is 0 Å². The molecule has 1 aromatic rings. The highest BCUT2D eigenvalue weighted by molar-refractivity contribution is 7.99. The maximum Gasteiger partial charge on any atom is 0.230 e. The molecule has 0 bridgehead atoms. The summed E-state index contributed by atoms with van der Waals surface area (Å²) in [5.41, 5.74) is 0. The highest BCUT2D eigenvalue weighted by atomic mass is 32.2. The van der Waals surface area contributed by atoms with E-state index in [9.17, 15) is 4.79 Å². The van der Waals surface area contributed by atoms with Gasteiger partial charge in [0.25, 0.3) is 0 Å². The molecule has 20 heavy (non-hydrogen) atoms. The van der Waals surface area contributed by atoms with Crippen LogP contribution < -0.4 is 10.2 Å². The molecule has 1 aliphatic rings. The molecule has 0 radical (unpaired) electrons. The summed E-state index contributed by atoms with van der Waals surface area (Å²) in [5.74, 6) is 1.26. The third-order valence-electron chi connectivity index (χ3n) is 3.01. The Hall–Kier alpha value is -1.28. The molecule has 8 heteroatoms. The van der Waals surface area contributed by atoms with Crippen LogP contribution in [0.4, 0.5) is 5.95 Å². The molecule has 0 aliphatic carbocycles. The summed E-state index contributed by atoms with van der Waals surface area (Å²) in [6.45, 7) is 8.52. The molecule has 0 saturated carbocycles. The van der Waals surface area contributed by atoms with Crippen molar-refractivity contribution in [3.05, 3.63) is 0 Å². The van der Waals surface area contributed by atoms with Gasteiger partial charge in [0.05, 0.1) is 19.0 Å². The number of carbonyl (C=O) groups is 1. The van der Waals surface area contributed by atoms with Crippen LogP contribution in [0.25, 0.3) is 0 Å². The molecular weight excluding hydrogens is 278 g/mol. The average molecular weight is 299 g/mol. The normalized spacial score (nSPS) is 15.4. The van der Waals surface area contributed by atoms with Crippen LogP contribution in [0, 0.1) is 0 Å². The lowest BCUT2D eigenvalue weighted by Crippen LogP contribution is -2.38. The Bertz CT molecular complexity index is 445. The fourth-order valence-electron chi connectivity index (χ4n) is 2.04. The van der Waals surface area contributed by atoms with E-state index in [1.807, 2.05) is 6.92 Å². The minimum atomic E-state index is 0.0241. The average Bonchev–Trinajstić information content (AvgIpc) is 2.89. The predicted octanol–water partition coefficient (Wildman–Crippen LogP) is 0.363. The largest absolute Gasteiger partial charge is 0.378 e. The van der Waals surface area contributed by atoms with E-state index in [4.69, 9.17) is 4.74 Å². The lowest BCUT2D eigenvalue weighted by atomic mass is 10.4. The highest BCUT2D eigenvalue weighted by Crippen LogP contribution is 2.22. The molecular formula is C12H21N5O2S. The number of nitrogens with one attached hydrogen (secondary N) is 1. The number of aromatic nitrogens is 3. The maximum atomic E-state index is 11.5. The van der Waals surface area contributed by atoms with Crippen LogP contribution in [0.1, 0.15) is 13.8 Å². The molecule has 0 unspecified atom stereocenters. The van der Waals surface area contributed by atoms with Crippen molar-refractivity contribution >= 4 is 23.6 Å². The van der Waals surface area contributed by atoms with E-state index in [-0.39, 0.29) is 5.91 Å². The Kier molecular flexibility index (Phi) is 5.66. The predicted molar refractivity (Wildman–Crippen MR) is 78.1 cm³/mol. The van der Waals surface area contributed by atoms with Gasteiger partial charge in [-0.3, -0.25) is 9.36 Å². The van der Waals surface area contributed by atoms with Crippen molar-refractivity contribution < 1.29 is 9.53 Å². The van der Waals surface area contributed by atoms with E-state index in [1.165, 1.54) is 11.8 Å². The smallest absolute Gasteiger partial charge is 0.230 e. The van der Waals surface area contributed by atoms with Crippen molar-refractivity contribution in [2.45, 2.75) is 25.5 Å². The molecule has 1 amide bonds. The SMILES string of the molecule is CCNC(=O)CSc1nnc(N2CCOCC2)n1CC. The monoisotopic (exact) mass is 299 g/mol. The van der Waals surface area contributed by atoms with E-state index in [0.717, 1.165) is 44.0 Å². The van der Waals surface area contributed by atoms with Gasteiger partial charge in [0.15, 0.2) is 5.16 Å². The fraction of sp³-hybridized carbons (Fsp3) is 0.750. The third kappa shape index (κ3) is 3.63. The number of ether oxygens (including phenoxy) is 1. The summed E-state index contributed by atoms with van der Waals surface area (Å²) in [4.78, 5) is 13.7. The molecule has 112 valence electrons. The molecule has 1 aromatic heterocycles. The number of amides is 1. The third-order valence-corrected chi connectivity index (χ3v) is 3.98. The van der Waals surface area contributed by atoms with Crippen molar-refractivity contribution in [3.63, 3.8) is 0 Å². The van der Waals surface area contributed by atoms with Crippen molar-refractivity contribution in [2.24, 2.45) is 0 Å². The van der Waals surface area contributed by atoms with Crippen LogP contribution in [0.15, 0.2) is 5.16 Å². The van der Waals surface area contributed by atoms with Crippen LogP contribution in [0.2, 0.25) is 0 Å². The van der Waals surface area contributed by atoms with Gasteiger partial charge in [0, 0.05) is 26.2 Å². The zero-order valence-corrected chi connectivity index (χ0v) is 12.8. The van der Waals surface area contributed by atoms with Gasteiger partial charge in [-0.05, 0) is 13.8 Å². The first-order valence-electron chi connectivity index (χ1n) is 6.91. The molecule has 7 nitrogen and oxygen atoms in total. The molecule has 2 heterocycles. The summed E-state index contributed by atoms with van der Waals surface area (Å²) in [5, 5.41) is 12.0. The summed E-state index contributed by atoms with van der Waals surface area (Å²) in [7, 11) is 0. The lowest BCUT2D eigenvalue weighted by molar-refractivity contribution is -0.118. The first-order valence-corrected chi connectivity index (χ1v) is 7.90. The van der Waals surface area contributed by atoms with Gasteiger partial charge in [0.2, 0.25) is 11.9 Å². The summed E-state index contributed by atoms with van der Waals surface area (Å²) < 4.78 is 7.40. The summed E-state index contributed by atoms with van der Waals surface area (Å²) >= 11 is 1.42. The van der Waals surface area contributed by atoms with Gasteiger partial charge in [-0.1, -0.05) is 11.8 Å². The van der Waals surface area contributed by atoms with E-state index in [0.29, 0.717) is 12.3 Å². The number of rotatable bonds is 6. The first kappa shape index (κ1) is 15.1. The minimum Gasteiger partial charge on any atom is -0.378 e. The number of hydrogen-bond acceptors (Lipinski definition) is 6. The van der Waals surface area contributed by atoms with Gasteiger partial charge in [-0.2, -0.15) is 0 Å². The molecule has 1 N–H and O–H groups in total. The fourth-order valence-corrected chi connectivity index (χ4v) is 2.87. The van der Waals surface area contributed by atoms with Gasteiger partial charge in [-0.25, -0.2) is 0 Å². The molecule has 1 saturated heterocycles. The second-order valence-electron chi connectivity index (χ2n) is 4.37. The number of morpholine rings is 1. The standard InChI is InChI=1S/C12H21N5O2S/c1-3-13-10(18)9-20-12-15-14-11(17(12)4-2)16-5-7-19-8-6-16/h3-9H2,1-2H3,(H,13,18). The zero-order valence-electron chi connectivity index (χ0n) is 12.0. The molecule has 1 fully saturated rings. The second-order valence-corrected chi connectivity index (χ2v) is 5.31. The quantitative estimate of drug-likeness (QED) is 0.765. The number of hydrogen-bond donors (Lipinski definition) is 1. The second kappa shape index (κ2) is 7.49. The lowest BCUT2D eigenvalue weighted by Gasteiger charge is -2.27. The minimum absolute atomic E-state index is 0.0241. The van der Waals surface area contributed by atoms with Crippen LogP contribution in [-0.2, 0) is 16.1 Å². The van der Waals surface area contributed by atoms with Gasteiger partial charge >= 0.3 is 0 Å². The van der Waals surface area contributed by atoms with E-state index < -0.39 is 0 Å². The molecule has 2 rings (SSSR count). The Morgan fingerprint density at radius 2 is 2.10 bits per heavy atom. The number of nitrogens with zero attached hydrogens (tertiary/aromatic N) is 4. The molecule has 0 aromatic carbocycles. The van der Waals surface area contributed by atoms with Crippen LogP contribution >= 0.6 is 11.8 Å². The van der Waals surface area contributed by atoms with Gasteiger partial charge in [0.1, 0.15) is 0 Å². The van der Waals surface area contributed by atoms with Crippen LogP contribution in [0.5, 0.6) is 0 Å². The van der Waals surface area contributed by atoms with Crippen molar-refractivity contribution in [1.82, 2.24) is 20.1 Å². The number of thioether (sulfide) groups is 1. The van der Waals surface area contributed by atoms with Crippen molar-refractivity contribution in [3.8, 4) is 0 Å². The Balaban J connectivity index is 2.02. The van der Waals surface area contributed by atoms with Gasteiger partial charge < -0.3 is 15.0 Å². The van der Waals surface area contributed by atoms with E-state index in [2.05, 4.69) is 31.9 Å². The van der Waals surface area contributed by atoms with E-state index in [1.54, 1.807) is 0 Å². The Morgan fingerprint density at radius 3 is 2.75 bits per heavy atom. The van der Waals surface area contributed by atoms with Crippen molar-refractivity contribution in [1.29, 1.82) is 0 Å².